The van der Waals surface area contributed by atoms with Crippen molar-refractivity contribution in [3.8, 4) is 6.07 Å². The molecule has 2 saturated heterocycles. The highest BCUT2D eigenvalue weighted by molar-refractivity contribution is 5.43. The molecule has 2 atom stereocenters. The molecule has 17 heavy (non-hydrogen) atoms. The van der Waals surface area contributed by atoms with Crippen LogP contribution in [0, 0.1) is 23.2 Å². The summed E-state index contributed by atoms with van der Waals surface area (Å²) >= 11 is 0. The lowest BCUT2D eigenvalue weighted by atomic mass is 10.0. The van der Waals surface area contributed by atoms with Crippen LogP contribution >= 0.6 is 0 Å². The Morgan fingerprint density at radius 2 is 1.94 bits per heavy atom. The van der Waals surface area contributed by atoms with Crippen molar-refractivity contribution in [1.82, 2.24) is 9.88 Å². The van der Waals surface area contributed by atoms with Gasteiger partial charge in [0.2, 0.25) is 0 Å². The Labute approximate surface area is 101 Å². The molecule has 0 bridgehead atoms. The van der Waals surface area contributed by atoms with E-state index < -0.39 is 0 Å². The van der Waals surface area contributed by atoms with E-state index in [1.165, 1.54) is 13.1 Å². The molecule has 0 amide bonds. The van der Waals surface area contributed by atoms with Gasteiger partial charge in [0.25, 0.3) is 0 Å². The quantitative estimate of drug-likeness (QED) is 0.718. The summed E-state index contributed by atoms with van der Waals surface area (Å²) in [5, 5.41) is 8.86. The van der Waals surface area contributed by atoms with Gasteiger partial charge >= 0.3 is 0 Å². The summed E-state index contributed by atoms with van der Waals surface area (Å²) in [7, 11) is 2.19. The standard InChI is InChI=1S/C13H16N4/c1-16-6-10-8-17(9-11(10)7-16)13-4-2-3-12(5-14)15-13/h2-4,10-11H,6-9H2,1H3. The first-order valence-electron chi connectivity index (χ1n) is 6.07. The second-order valence-electron chi connectivity index (χ2n) is 5.14. The third-order valence-electron chi connectivity index (χ3n) is 3.84. The van der Waals surface area contributed by atoms with E-state index in [1.54, 1.807) is 6.07 Å². The summed E-state index contributed by atoms with van der Waals surface area (Å²) in [5.41, 5.74) is 0.511. The van der Waals surface area contributed by atoms with Crippen LogP contribution in [0.25, 0.3) is 0 Å². The highest BCUT2D eigenvalue weighted by Gasteiger charge is 2.38. The molecule has 0 saturated carbocycles. The highest BCUT2D eigenvalue weighted by Crippen LogP contribution is 2.32. The fourth-order valence-electron chi connectivity index (χ4n) is 3.08. The van der Waals surface area contributed by atoms with Crippen molar-refractivity contribution in [2.75, 3.05) is 38.1 Å². The Balaban J connectivity index is 1.77. The predicted molar refractivity (Wildman–Crippen MR) is 65.6 cm³/mol. The summed E-state index contributed by atoms with van der Waals surface area (Å²) in [4.78, 5) is 9.10. The van der Waals surface area contributed by atoms with Gasteiger partial charge in [-0.2, -0.15) is 5.26 Å². The average Bonchev–Trinajstić information content (AvgIpc) is 2.86. The number of rotatable bonds is 1. The summed E-state index contributed by atoms with van der Waals surface area (Å²) in [6, 6.07) is 7.78. The van der Waals surface area contributed by atoms with Gasteiger partial charge in [-0.05, 0) is 31.0 Å². The fraction of sp³-hybridized carbons (Fsp3) is 0.538. The second-order valence-corrected chi connectivity index (χ2v) is 5.14. The van der Waals surface area contributed by atoms with Crippen molar-refractivity contribution in [3.05, 3.63) is 23.9 Å². The van der Waals surface area contributed by atoms with Gasteiger partial charge in [-0.3, -0.25) is 0 Å². The maximum atomic E-state index is 8.86. The number of aromatic nitrogens is 1. The van der Waals surface area contributed by atoms with Crippen LogP contribution < -0.4 is 4.90 Å². The van der Waals surface area contributed by atoms with Crippen molar-refractivity contribution in [2.24, 2.45) is 11.8 Å². The lowest BCUT2D eigenvalue weighted by molar-refractivity contribution is 0.387. The Morgan fingerprint density at radius 1 is 1.24 bits per heavy atom. The van der Waals surface area contributed by atoms with E-state index in [1.807, 2.05) is 12.1 Å². The van der Waals surface area contributed by atoms with E-state index in [4.69, 9.17) is 5.26 Å². The van der Waals surface area contributed by atoms with E-state index in [2.05, 4.69) is 27.9 Å². The molecule has 1 aromatic rings. The molecule has 4 heteroatoms. The average molecular weight is 228 g/mol. The molecule has 2 fully saturated rings. The first kappa shape index (κ1) is 10.5. The van der Waals surface area contributed by atoms with Gasteiger partial charge in [0.15, 0.2) is 0 Å². The number of hydrogen-bond donors (Lipinski definition) is 0. The summed E-state index contributed by atoms with van der Waals surface area (Å²) in [6.07, 6.45) is 0. The van der Waals surface area contributed by atoms with Crippen molar-refractivity contribution in [2.45, 2.75) is 0 Å². The molecule has 1 aromatic heterocycles. The van der Waals surface area contributed by atoms with Crippen LogP contribution in [0.2, 0.25) is 0 Å². The third-order valence-corrected chi connectivity index (χ3v) is 3.84. The Morgan fingerprint density at radius 3 is 2.59 bits per heavy atom. The normalized spacial score (nSPS) is 28.1. The van der Waals surface area contributed by atoms with Crippen LogP contribution in [0.15, 0.2) is 18.2 Å². The number of fused-ring (bicyclic) bond motifs is 1. The van der Waals surface area contributed by atoms with Gasteiger partial charge in [0.05, 0.1) is 0 Å². The van der Waals surface area contributed by atoms with Gasteiger partial charge in [0, 0.05) is 26.2 Å². The number of pyridine rings is 1. The SMILES string of the molecule is CN1CC2CN(c3cccc(C#N)n3)CC2C1. The van der Waals surface area contributed by atoms with Crippen molar-refractivity contribution in [1.29, 1.82) is 5.26 Å². The van der Waals surface area contributed by atoms with E-state index in [0.29, 0.717) is 5.69 Å². The zero-order valence-electron chi connectivity index (χ0n) is 10.0. The van der Waals surface area contributed by atoms with Crippen molar-refractivity contribution >= 4 is 5.82 Å². The molecule has 0 aromatic carbocycles. The number of anilines is 1. The van der Waals surface area contributed by atoms with Crippen LogP contribution in [-0.4, -0.2) is 43.1 Å². The van der Waals surface area contributed by atoms with Crippen LogP contribution in [0.3, 0.4) is 0 Å². The Kier molecular flexibility index (Phi) is 2.49. The molecular weight excluding hydrogens is 212 g/mol. The maximum Gasteiger partial charge on any atom is 0.142 e. The minimum Gasteiger partial charge on any atom is -0.356 e. The zero-order chi connectivity index (χ0) is 11.8. The zero-order valence-corrected chi connectivity index (χ0v) is 10.0. The Hall–Kier alpha value is -1.60. The lowest BCUT2D eigenvalue weighted by Gasteiger charge is -2.20. The molecule has 88 valence electrons. The minimum atomic E-state index is 0.511. The molecule has 0 N–H and O–H groups in total. The monoisotopic (exact) mass is 228 g/mol. The highest BCUT2D eigenvalue weighted by atomic mass is 15.3. The molecule has 4 nitrogen and oxygen atoms in total. The summed E-state index contributed by atoms with van der Waals surface area (Å²) in [5.74, 6) is 2.50. The molecule has 2 unspecified atom stereocenters. The number of nitriles is 1. The predicted octanol–water partition coefficient (Wildman–Crippen LogP) is 0.951. The van der Waals surface area contributed by atoms with Gasteiger partial charge in [0.1, 0.15) is 17.6 Å². The topological polar surface area (TPSA) is 43.2 Å². The number of hydrogen-bond acceptors (Lipinski definition) is 4. The Bertz CT molecular complexity index is 451. The summed E-state index contributed by atoms with van der Waals surface area (Å²) in [6.45, 7) is 4.55. The van der Waals surface area contributed by atoms with E-state index in [9.17, 15) is 0 Å². The van der Waals surface area contributed by atoms with Crippen LogP contribution in [0.1, 0.15) is 5.69 Å². The largest absolute Gasteiger partial charge is 0.356 e. The molecule has 3 heterocycles. The first-order valence-corrected chi connectivity index (χ1v) is 6.07. The van der Waals surface area contributed by atoms with Crippen molar-refractivity contribution in [3.63, 3.8) is 0 Å². The van der Waals surface area contributed by atoms with Gasteiger partial charge in [-0.25, -0.2) is 4.98 Å². The van der Waals surface area contributed by atoms with Gasteiger partial charge < -0.3 is 9.80 Å². The van der Waals surface area contributed by atoms with Crippen molar-refractivity contribution < 1.29 is 0 Å². The second kappa shape index (κ2) is 4.01. The summed E-state index contributed by atoms with van der Waals surface area (Å²) < 4.78 is 0. The minimum absolute atomic E-state index is 0.511. The molecular formula is C13H16N4. The van der Waals surface area contributed by atoms with Crippen LogP contribution in [0.5, 0.6) is 0 Å². The number of likely N-dealkylation sites (tertiary alicyclic amines) is 1. The number of nitrogens with zero attached hydrogens (tertiary/aromatic N) is 4. The molecule has 0 aliphatic carbocycles. The van der Waals surface area contributed by atoms with E-state index in [0.717, 1.165) is 30.7 Å². The van der Waals surface area contributed by atoms with Crippen LogP contribution in [0.4, 0.5) is 5.82 Å². The third kappa shape index (κ3) is 1.87. The molecule has 0 spiro atoms. The molecule has 2 aliphatic rings. The lowest BCUT2D eigenvalue weighted by Crippen LogP contribution is -2.27. The van der Waals surface area contributed by atoms with Gasteiger partial charge in [-0.15, -0.1) is 0 Å². The van der Waals surface area contributed by atoms with E-state index in [-0.39, 0.29) is 0 Å². The molecule has 3 rings (SSSR count). The van der Waals surface area contributed by atoms with Gasteiger partial charge in [-0.1, -0.05) is 6.07 Å². The van der Waals surface area contributed by atoms with Crippen LogP contribution in [-0.2, 0) is 0 Å². The first-order chi connectivity index (χ1) is 8.26. The maximum absolute atomic E-state index is 8.86. The molecule has 2 aliphatic heterocycles. The molecule has 0 radical (unpaired) electrons. The smallest absolute Gasteiger partial charge is 0.142 e. The fourth-order valence-corrected chi connectivity index (χ4v) is 3.08. The van der Waals surface area contributed by atoms with E-state index >= 15 is 0 Å².